The molecule has 0 amide bonds. The maximum atomic E-state index is 4.65. The van der Waals surface area contributed by atoms with E-state index in [1.165, 1.54) is 10.4 Å². The molecule has 122 valence electrons. The van der Waals surface area contributed by atoms with Crippen molar-refractivity contribution >= 4 is 41.3 Å². The summed E-state index contributed by atoms with van der Waals surface area (Å²) in [6.07, 6.45) is 0. The summed E-state index contributed by atoms with van der Waals surface area (Å²) in [5, 5.41) is 8.83. The lowest BCUT2D eigenvalue weighted by atomic mass is 10.3. The van der Waals surface area contributed by atoms with Crippen molar-refractivity contribution in [3.63, 3.8) is 0 Å². The highest BCUT2D eigenvalue weighted by molar-refractivity contribution is 14.0. The Morgan fingerprint density at radius 2 is 1.95 bits per heavy atom. The molecule has 0 spiro atoms. The van der Waals surface area contributed by atoms with E-state index in [2.05, 4.69) is 59.7 Å². The molecule has 4 nitrogen and oxygen atoms in total. The van der Waals surface area contributed by atoms with Gasteiger partial charge in [0, 0.05) is 24.5 Å². The summed E-state index contributed by atoms with van der Waals surface area (Å²) in [5.74, 6) is 0.910. The van der Waals surface area contributed by atoms with E-state index in [0.717, 1.165) is 45.2 Å². The average molecular weight is 424 g/mol. The van der Waals surface area contributed by atoms with Gasteiger partial charge in [0.1, 0.15) is 0 Å². The molecule has 0 saturated carbocycles. The number of aliphatic imine (C=N–C) groups is 1. The first-order chi connectivity index (χ1) is 9.71. The lowest BCUT2D eigenvalue weighted by Crippen LogP contribution is -2.41. The maximum Gasteiger partial charge on any atom is 0.191 e. The van der Waals surface area contributed by atoms with Gasteiger partial charge < -0.3 is 15.5 Å². The van der Waals surface area contributed by atoms with Gasteiger partial charge in [-0.2, -0.15) is 0 Å². The van der Waals surface area contributed by atoms with Crippen LogP contribution in [0, 0.1) is 6.92 Å². The van der Waals surface area contributed by atoms with E-state index in [9.17, 15) is 0 Å². The topological polar surface area (TPSA) is 39.7 Å². The number of likely N-dealkylation sites (N-methyl/N-ethyl adjacent to an activating group) is 1. The van der Waals surface area contributed by atoms with Crippen LogP contribution in [-0.4, -0.2) is 43.6 Å². The van der Waals surface area contributed by atoms with Crippen molar-refractivity contribution in [3.05, 3.63) is 21.9 Å². The van der Waals surface area contributed by atoms with E-state index in [0.29, 0.717) is 0 Å². The largest absolute Gasteiger partial charge is 0.357 e. The van der Waals surface area contributed by atoms with Crippen LogP contribution in [-0.2, 0) is 6.54 Å². The third-order valence-electron chi connectivity index (χ3n) is 3.31. The van der Waals surface area contributed by atoms with Gasteiger partial charge in [-0.05, 0) is 43.9 Å². The van der Waals surface area contributed by atoms with Crippen LogP contribution in [0.15, 0.2) is 16.4 Å². The van der Waals surface area contributed by atoms with Crippen molar-refractivity contribution in [2.75, 3.05) is 32.7 Å². The van der Waals surface area contributed by atoms with Gasteiger partial charge in [-0.3, -0.25) is 0 Å². The predicted molar refractivity (Wildman–Crippen MR) is 105 cm³/mol. The molecule has 1 aromatic rings. The molecule has 0 unspecified atom stereocenters. The smallest absolute Gasteiger partial charge is 0.191 e. The Kier molecular flexibility index (Phi) is 12.0. The number of hydrogen-bond acceptors (Lipinski definition) is 3. The summed E-state index contributed by atoms with van der Waals surface area (Å²) in [7, 11) is 0. The molecule has 1 aromatic heterocycles. The minimum atomic E-state index is 0. The van der Waals surface area contributed by atoms with E-state index in [-0.39, 0.29) is 24.0 Å². The van der Waals surface area contributed by atoms with E-state index in [1.807, 2.05) is 0 Å². The number of thiophene rings is 1. The SMILES string of the molecule is CCNC(=NCc1sccc1C)NCCN(CC)CC.I. The third kappa shape index (κ3) is 8.01. The number of nitrogens with zero attached hydrogens (tertiary/aromatic N) is 2. The molecule has 1 rings (SSSR count). The van der Waals surface area contributed by atoms with Crippen LogP contribution < -0.4 is 10.6 Å². The van der Waals surface area contributed by atoms with Gasteiger partial charge in [-0.15, -0.1) is 35.3 Å². The number of halogens is 1. The lowest BCUT2D eigenvalue weighted by molar-refractivity contribution is 0.308. The molecular formula is C15H29IN4S. The normalized spacial score (nSPS) is 11.4. The molecule has 0 aliphatic heterocycles. The Bertz CT molecular complexity index is 402. The molecule has 2 N–H and O–H groups in total. The van der Waals surface area contributed by atoms with Crippen molar-refractivity contribution < 1.29 is 0 Å². The summed E-state index contributed by atoms with van der Waals surface area (Å²) in [6.45, 7) is 14.4. The molecular weight excluding hydrogens is 395 g/mol. The standard InChI is InChI=1S/C15H28N4S.HI/c1-5-16-15(17-9-10-19(6-2)7-3)18-12-14-13(4)8-11-20-14;/h8,11H,5-7,9-10,12H2,1-4H3,(H2,16,17,18);1H. The number of nitrogens with one attached hydrogen (secondary N) is 2. The highest BCUT2D eigenvalue weighted by Crippen LogP contribution is 2.16. The van der Waals surface area contributed by atoms with E-state index >= 15 is 0 Å². The van der Waals surface area contributed by atoms with Gasteiger partial charge in [0.25, 0.3) is 0 Å². The van der Waals surface area contributed by atoms with E-state index < -0.39 is 0 Å². The zero-order chi connectivity index (χ0) is 14.8. The van der Waals surface area contributed by atoms with Crippen molar-refractivity contribution in [1.82, 2.24) is 15.5 Å². The fraction of sp³-hybridized carbons (Fsp3) is 0.667. The van der Waals surface area contributed by atoms with Crippen molar-refractivity contribution in [2.45, 2.75) is 34.2 Å². The average Bonchev–Trinajstić information content (AvgIpc) is 2.86. The molecule has 21 heavy (non-hydrogen) atoms. The highest BCUT2D eigenvalue weighted by atomic mass is 127. The van der Waals surface area contributed by atoms with Gasteiger partial charge in [-0.25, -0.2) is 4.99 Å². The van der Waals surface area contributed by atoms with Crippen LogP contribution in [0.1, 0.15) is 31.2 Å². The minimum absolute atomic E-state index is 0. The van der Waals surface area contributed by atoms with Crippen molar-refractivity contribution in [2.24, 2.45) is 4.99 Å². The number of guanidine groups is 1. The summed E-state index contributed by atoms with van der Waals surface area (Å²) in [6, 6.07) is 2.15. The first kappa shape index (κ1) is 20.7. The fourth-order valence-electron chi connectivity index (χ4n) is 1.93. The quantitative estimate of drug-likeness (QED) is 0.383. The Morgan fingerprint density at radius 1 is 1.24 bits per heavy atom. The number of rotatable bonds is 8. The Balaban J connectivity index is 0.00000400. The molecule has 0 bridgehead atoms. The van der Waals surface area contributed by atoms with Crippen LogP contribution in [0.2, 0.25) is 0 Å². The van der Waals surface area contributed by atoms with Gasteiger partial charge in [-0.1, -0.05) is 13.8 Å². The summed E-state index contributed by atoms with van der Waals surface area (Å²) in [4.78, 5) is 8.39. The maximum absolute atomic E-state index is 4.65. The van der Waals surface area contributed by atoms with E-state index in [1.54, 1.807) is 11.3 Å². The Labute approximate surface area is 150 Å². The van der Waals surface area contributed by atoms with Gasteiger partial charge >= 0.3 is 0 Å². The molecule has 6 heteroatoms. The van der Waals surface area contributed by atoms with Crippen molar-refractivity contribution in [3.8, 4) is 0 Å². The molecule has 0 aliphatic carbocycles. The van der Waals surface area contributed by atoms with Gasteiger partial charge in [0.2, 0.25) is 0 Å². The molecule has 0 fully saturated rings. The lowest BCUT2D eigenvalue weighted by Gasteiger charge is -2.19. The second-order valence-corrected chi connectivity index (χ2v) is 5.68. The predicted octanol–water partition coefficient (Wildman–Crippen LogP) is 3.07. The molecule has 0 radical (unpaired) electrons. The molecule has 0 aliphatic rings. The van der Waals surface area contributed by atoms with Crippen LogP contribution in [0.5, 0.6) is 0 Å². The van der Waals surface area contributed by atoms with E-state index in [4.69, 9.17) is 0 Å². The minimum Gasteiger partial charge on any atom is -0.357 e. The Hall–Kier alpha value is -0.340. The monoisotopic (exact) mass is 424 g/mol. The van der Waals surface area contributed by atoms with Gasteiger partial charge in [0.05, 0.1) is 6.54 Å². The van der Waals surface area contributed by atoms with Crippen LogP contribution in [0.3, 0.4) is 0 Å². The summed E-state index contributed by atoms with van der Waals surface area (Å²) < 4.78 is 0. The second-order valence-electron chi connectivity index (χ2n) is 4.68. The van der Waals surface area contributed by atoms with Crippen molar-refractivity contribution in [1.29, 1.82) is 0 Å². The van der Waals surface area contributed by atoms with Crippen LogP contribution in [0.4, 0.5) is 0 Å². The Morgan fingerprint density at radius 3 is 2.48 bits per heavy atom. The highest BCUT2D eigenvalue weighted by Gasteiger charge is 2.02. The van der Waals surface area contributed by atoms with Crippen LogP contribution in [0.25, 0.3) is 0 Å². The van der Waals surface area contributed by atoms with Gasteiger partial charge in [0.15, 0.2) is 5.96 Å². The third-order valence-corrected chi connectivity index (χ3v) is 4.32. The fourth-order valence-corrected chi connectivity index (χ4v) is 2.76. The van der Waals surface area contributed by atoms with Crippen LogP contribution >= 0.6 is 35.3 Å². The second kappa shape index (κ2) is 12.2. The molecule has 1 heterocycles. The number of hydrogen-bond donors (Lipinski definition) is 2. The zero-order valence-electron chi connectivity index (χ0n) is 13.6. The first-order valence-corrected chi connectivity index (χ1v) is 8.36. The molecule has 0 atom stereocenters. The number of aryl methyl sites for hydroxylation is 1. The molecule has 0 aromatic carbocycles. The zero-order valence-corrected chi connectivity index (χ0v) is 16.8. The first-order valence-electron chi connectivity index (χ1n) is 7.48. The molecule has 0 saturated heterocycles. The summed E-state index contributed by atoms with van der Waals surface area (Å²) in [5.41, 5.74) is 1.33. The summed E-state index contributed by atoms with van der Waals surface area (Å²) >= 11 is 1.77.